The molecule has 0 spiro atoms. The Morgan fingerprint density at radius 2 is 2.00 bits per heavy atom. The van der Waals surface area contributed by atoms with E-state index >= 15 is 0 Å². The molecule has 156 valence electrons. The molecule has 1 fully saturated rings. The highest BCUT2D eigenvalue weighted by atomic mass is 35.5. The zero-order valence-electron chi connectivity index (χ0n) is 17.1. The lowest BCUT2D eigenvalue weighted by atomic mass is 10.0. The quantitative estimate of drug-likeness (QED) is 0.535. The number of likely N-dealkylation sites (tertiary alicyclic amines) is 1. The number of anilines is 1. The molecular weight excluding hydrogens is 400 g/mol. The summed E-state index contributed by atoms with van der Waals surface area (Å²) in [5.74, 6) is 1.38. The van der Waals surface area contributed by atoms with Gasteiger partial charge < -0.3 is 14.7 Å². The number of nitrogens with one attached hydrogen (secondary N) is 1. The van der Waals surface area contributed by atoms with Gasteiger partial charge in [-0.2, -0.15) is 4.98 Å². The summed E-state index contributed by atoms with van der Waals surface area (Å²) in [6.45, 7) is 4.94. The number of urea groups is 1. The largest absolute Gasteiger partial charge is 0.337 e. The third-order valence-electron chi connectivity index (χ3n) is 5.40. The highest BCUT2D eigenvalue weighted by Crippen LogP contribution is 2.32. The molecule has 0 radical (unpaired) electrons. The first-order valence-electron chi connectivity index (χ1n) is 10.3. The minimum absolute atomic E-state index is 0.153. The van der Waals surface area contributed by atoms with E-state index in [2.05, 4.69) is 29.3 Å². The molecule has 7 heteroatoms. The van der Waals surface area contributed by atoms with Crippen molar-refractivity contribution >= 4 is 23.3 Å². The van der Waals surface area contributed by atoms with Gasteiger partial charge in [0.25, 0.3) is 0 Å². The molecular formula is C23H25ClN4O2. The second kappa shape index (κ2) is 8.88. The average Bonchev–Trinajstić information content (AvgIpc) is 3.24. The molecule has 1 aliphatic heterocycles. The second-order valence-electron chi connectivity index (χ2n) is 7.88. The fraction of sp³-hybridized carbons (Fsp3) is 0.348. The van der Waals surface area contributed by atoms with Crippen LogP contribution in [0.15, 0.2) is 53.1 Å². The average molecular weight is 425 g/mol. The number of carbonyl (C=O) groups excluding carboxylic acids is 1. The summed E-state index contributed by atoms with van der Waals surface area (Å²) in [7, 11) is 0. The van der Waals surface area contributed by atoms with Crippen molar-refractivity contribution in [3.05, 3.63) is 65.0 Å². The SMILES string of the molecule is CC(C)c1ccc(NC(=O)N2CCCCC2c2nc(-c3cccc(Cl)c3)no2)cc1. The molecule has 1 unspecified atom stereocenters. The van der Waals surface area contributed by atoms with Crippen LogP contribution in [0.3, 0.4) is 0 Å². The predicted molar refractivity (Wildman–Crippen MR) is 118 cm³/mol. The Bertz CT molecular complexity index is 1020. The highest BCUT2D eigenvalue weighted by molar-refractivity contribution is 6.30. The lowest BCUT2D eigenvalue weighted by Crippen LogP contribution is -2.41. The molecule has 1 N–H and O–H groups in total. The third-order valence-corrected chi connectivity index (χ3v) is 5.64. The Hall–Kier alpha value is -2.86. The number of hydrogen-bond acceptors (Lipinski definition) is 4. The van der Waals surface area contributed by atoms with Crippen LogP contribution in [-0.4, -0.2) is 27.6 Å². The van der Waals surface area contributed by atoms with Gasteiger partial charge in [0, 0.05) is 22.8 Å². The molecule has 2 aromatic carbocycles. The Balaban J connectivity index is 1.51. The summed E-state index contributed by atoms with van der Waals surface area (Å²) in [4.78, 5) is 19.3. The summed E-state index contributed by atoms with van der Waals surface area (Å²) in [6.07, 6.45) is 2.74. The van der Waals surface area contributed by atoms with Gasteiger partial charge in [0.2, 0.25) is 11.7 Å². The van der Waals surface area contributed by atoms with Gasteiger partial charge in [-0.1, -0.05) is 54.9 Å². The van der Waals surface area contributed by atoms with Gasteiger partial charge in [0.1, 0.15) is 6.04 Å². The molecule has 4 rings (SSSR count). The van der Waals surface area contributed by atoms with E-state index in [-0.39, 0.29) is 12.1 Å². The molecule has 0 aliphatic carbocycles. The Labute approximate surface area is 181 Å². The molecule has 6 nitrogen and oxygen atoms in total. The molecule has 0 saturated carbocycles. The van der Waals surface area contributed by atoms with Crippen molar-refractivity contribution in [2.75, 3.05) is 11.9 Å². The van der Waals surface area contributed by atoms with Crippen LogP contribution in [0.25, 0.3) is 11.4 Å². The van der Waals surface area contributed by atoms with Crippen LogP contribution in [0.1, 0.15) is 56.5 Å². The normalized spacial score (nSPS) is 16.7. The first kappa shape index (κ1) is 20.4. The standard InChI is InChI=1S/C23H25ClN4O2/c1-15(2)16-9-11-19(12-10-16)25-23(29)28-13-4-3-8-20(28)22-26-21(27-30-22)17-6-5-7-18(24)14-17/h5-7,9-12,14-15,20H,3-4,8,13H2,1-2H3,(H,25,29). The number of aromatic nitrogens is 2. The van der Waals surface area contributed by atoms with Crippen LogP contribution in [0.2, 0.25) is 5.02 Å². The highest BCUT2D eigenvalue weighted by Gasteiger charge is 2.32. The van der Waals surface area contributed by atoms with Crippen molar-refractivity contribution in [3.8, 4) is 11.4 Å². The van der Waals surface area contributed by atoms with Crippen LogP contribution in [0.5, 0.6) is 0 Å². The van der Waals surface area contributed by atoms with Gasteiger partial charge in [-0.05, 0) is 55.0 Å². The van der Waals surface area contributed by atoms with Gasteiger partial charge in [0.15, 0.2) is 0 Å². The zero-order chi connectivity index (χ0) is 21.1. The number of carbonyl (C=O) groups is 1. The van der Waals surface area contributed by atoms with E-state index in [1.54, 1.807) is 17.0 Å². The number of halogens is 1. The number of hydrogen-bond donors (Lipinski definition) is 1. The number of benzene rings is 2. The molecule has 1 aromatic heterocycles. The monoisotopic (exact) mass is 424 g/mol. The number of nitrogens with zero attached hydrogens (tertiary/aromatic N) is 3. The number of piperidine rings is 1. The summed E-state index contributed by atoms with van der Waals surface area (Å²) < 4.78 is 5.55. The third kappa shape index (κ3) is 4.49. The van der Waals surface area contributed by atoms with Gasteiger partial charge in [0.05, 0.1) is 0 Å². The number of rotatable bonds is 4. The maximum absolute atomic E-state index is 13.0. The van der Waals surface area contributed by atoms with Gasteiger partial charge in [-0.25, -0.2) is 4.79 Å². The van der Waals surface area contributed by atoms with E-state index in [1.165, 1.54) is 5.56 Å². The molecule has 30 heavy (non-hydrogen) atoms. The summed E-state index contributed by atoms with van der Waals surface area (Å²) >= 11 is 6.07. The lowest BCUT2D eigenvalue weighted by molar-refractivity contribution is 0.142. The fourth-order valence-electron chi connectivity index (χ4n) is 3.69. The summed E-state index contributed by atoms with van der Waals surface area (Å²) in [6, 6.07) is 14.9. The molecule has 2 amide bonds. The topological polar surface area (TPSA) is 71.3 Å². The van der Waals surface area contributed by atoms with Crippen molar-refractivity contribution < 1.29 is 9.32 Å². The van der Waals surface area contributed by atoms with Crippen molar-refractivity contribution in [2.45, 2.75) is 45.1 Å². The maximum atomic E-state index is 13.0. The van der Waals surface area contributed by atoms with E-state index in [0.29, 0.717) is 29.2 Å². The Kier molecular flexibility index (Phi) is 6.04. The van der Waals surface area contributed by atoms with E-state index in [4.69, 9.17) is 16.1 Å². The van der Waals surface area contributed by atoms with Crippen molar-refractivity contribution in [1.29, 1.82) is 0 Å². The van der Waals surface area contributed by atoms with E-state index < -0.39 is 0 Å². The first-order valence-corrected chi connectivity index (χ1v) is 10.7. The molecule has 0 bridgehead atoms. The molecule has 1 saturated heterocycles. The lowest BCUT2D eigenvalue weighted by Gasteiger charge is -2.33. The van der Waals surface area contributed by atoms with E-state index in [1.807, 2.05) is 36.4 Å². The predicted octanol–water partition coefficient (Wildman–Crippen LogP) is 6.27. The molecule has 2 heterocycles. The van der Waals surface area contributed by atoms with Crippen molar-refractivity contribution in [2.24, 2.45) is 0 Å². The molecule has 3 aromatic rings. The van der Waals surface area contributed by atoms with Crippen LogP contribution in [0, 0.1) is 0 Å². The molecule has 1 atom stereocenters. The molecule has 1 aliphatic rings. The van der Waals surface area contributed by atoms with Crippen LogP contribution >= 0.6 is 11.6 Å². The Morgan fingerprint density at radius 1 is 1.20 bits per heavy atom. The van der Waals surface area contributed by atoms with Crippen LogP contribution in [0.4, 0.5) is 10.5 Å². The van der Waals surface area contributed by atoms with Gasteiger partial charge in [-0.3, -0.25) is 0 Å². The van der Waals surface area contributed by atoms with Crippen molar-refractivity contribution in [3.63, 3.8) is 0 Å². The van der Waals surface area contributed by atoms with Gasteiger partial charge in [-0.15, -0.1) is 0 Å². The van der Waals surface area contributed by atoms with Crippen LogP contribution < -0.4 is 5.32 Å². The zero-order valence-corrected chi connectivity index (χ0v) is 17.9. The summed E-state index contributed by atoms with van der Waals surface area (Å²) in [5, 5.41) is 7.72. The Morgan fingerprint density at radius 3 is 2.73 bits per heavy atom. The van der Waals surface area contributed by atoms with E-state index in [0.717, 1.165) is 30.5 Å². The minimum atomic E-state index is -0.242. The maximum Gasteiger partial charge on any atom is 0.322 e. The fourth-order valence-corrected chi connectivity index (χ4v) is 3.88. The van der Waals surface area contributed by atoms with E-state index in [9.17, 15) is 4.79 Å². The minimum Gasteiger partial charge on any atom is -0.337 e. The summed E-state index contributed by atoms with van der Waals surface area (Å²) in [5.41, 5.74) is 2.80. The number of amides is 2. The second-order valence-corrected chi connectivity index (χ2v) is 8.31. The van der Waals surface area contributed by atoms with Crippen LogP contribution in [-0.2, 0) is 0 Å². The van der Waals surface area contributed by atoms with Crippen molar-refractivity contribution in [1.82, 2.24) is 15.0 Å². The smallest absolute Gasteiger partial charge is 0.322 e. The first-order chi connectivity index (χ1) is 14.5. The van der Waals surface area contributed by atoms with Gasteiger partial charge >= 0.3 is 6.03 Å².